The summed E-state index contributed by atoms with van der Waals surface area (Å²) >= 11 is 1.23. The summed E-state index contributed by atoms with van der Waals surface area (Å²) in [6.45, 7) is 1.87. The smallest absolute Gasteiger partial charge is 0.335 e. The fourth-order valence-corrected chi connectivity index (χ4v) is 3.68. The number of carboxylic acids is 1. The van der Waals surface area contributed by atoms with Crippen LogP contribution >= 0.6 is 11.3 Å². The number of amides is 2. The molecule has 2 amide bonds. The Labute approximate surface area is 180 Å². The third-order valence-electron chi connectivity index (χ3n) is 4.30. The van der Waals surface area contributed by atoms with Crippen LogP contribution in [0.2, 0.25) is 0 Å². The lowest BCUT2D eigenvalue weighted by molar-refractivity contribution is -0.384. The molecule has 0 saturated heterocycles. The molecule has 0 aliphatic heterocycles. The largest absolute Gasteiger partial charge is 0.478 e. The molecule has 0 saturated carbocycles. The van der Waals surface area contributed by atoms with Gasteiger partial charge in [-0.2, -0.15) is 0 Å². The number of nitrogens with zero attached hydrogens (tertiary/aromatic N) is 1. The van der Waals surface area contributed by atoms with Crippen LogP contribution in [0.5, 0.6) is 0 Å². The van der Waals surface area contributed by atoms with Crippen molar-refractivity contribution in [2.45, 2.75) is 13.5 Å². The van der Waals surface area contributed by atoms with Gasteiger partial charge in [-0.1, -0.05) is 12.1 Å². The van der Waals surface area contributed by atoms with Crippen molar-refractivity contribution in [1.82, 2.24) is 5.32 Å². The van der Waals surface area contributed by atoms with E-state index in [0.717, 1.165) is 4.88 Å². The molecule has 0 aliphatic rings. The van der Waals surface area contributed by atoms with Gasteiger partial charge in [-0.15, -0.1) is 11.3 Å². The number of nitrogens with one attached hydrogen (secondary N) is 2. The topological polar surface area (TPSA) is 139 Å². The van der Waals surface area contributed by atoms with Gasteiger partial charge in [0.15, 0.2) is 0 Å². The van der Waals surface area contributed by atoms with Gasteiger partial charge < -0.3 is 15.7 Å². The van der Waals surface area contributed by atoms with Crippen molar-refractivity contribution in [2.24, 2.45) is 0 Å². The minimum Gasteiger partial charge on any atom is -0.478 e. The molecule has 10 heteroatoms. The number of carboxylic acid groups (broad SMARTS) is 1. The molecule has 158 valence electrons. The Morgan fingerprint density at radius 1 is 1.03 bits per heavy atom. The predicted molar refractivity (Wildman–Crippen MR) is 115 cm³/mol. The van der Waals surface area contributed by atoms with Gasteiger partial charge in [0.25, 0.3) is 17.5 Å². The van der Waals surface area contributed by atoms with Crippen molar-refractivity contribution in [3.05, 3.63) is 91.8 Å². The van der Waals surface area contributed by atoms with Crippen molar-refractivity contribution in [3.8, 4) is 0 Å². The first-order valence-electron chi connectivity index (χ1n) is 9.01. The number of aromatic carboxylic acids is 1. The van der Waals surface area contributed by atoms with Crippen LogP contribution < -0.4 is 10.6 Å². The van der Waals surface area contributed by atoms with Gasteiger partial charge in [0, 0.05) is 29.1 Å². The molecule has 0 unspecified atom stereocenters. The molecule has 0 fully saturated rings. The molecule has 9 nitrogen and oxygen atoms in total. The number of benzene rings is 2. The summed E-state index contributed by atoms with van der Waals surface area (Å²) in [6, 6.07) is 13.0. The summed E-state index contributed by atoms with van der Waals surface area (Å²) in [5.74, 6) is -2.01. The highest BCUT2D eigenvalue weighted by molar-refractivity contribution is 7.16. The van der Waals surface area contributed by atoms with E-state index in [1.54, 1.807) is 19.1 Å². The molecule has 0 radical (unpaired) electrons. The van der Waals surface area contributed by atoms with E-state index in [-0.39, 0.29) is 28.9 Å². The standard InChI is InChI=1S/C21H17N3O6S/c1-12-9-17(19(26)22-11-13-3-2-4-16(10-13)24(29)30)20(31-12)23-18(25)14-5-7-15(8-6-14)21(27)28/h2-10H,11H2,1H3,(H,22,26)(H,23,25)(H,27,28). The number of nitro groups is 1. The first-order valence-corrected chi connectivity index (χ1v) is 9.83. The number of thiophene rings is 1. The zero-order chi connectivity index (χ0) is 22.5. The molecule has 31 heavy (non-hydrogen) atoms. The summed E-state index contributed by atoms with van der Waals surface area (Å²) in [7, 11) is 0. The lowest BCUT2D eigenvalue weighted by atomic mass is 10.1. The second kappa shape index (κ2) is 9.18. The van der Waals surface area contributed by atoms with Crippen LogP contribution in [-0.2, 0) is 6.54 Å². The normalized spacial score (nSPS) is 10.4. The summed E-state index contributed by atoms with van der Waals surface area (Å²) < 4.78 is 0. The molecule has 3 rings (SSSR count). The average Bonchev–Trinajstić information content (AvgIpc) is 3.12. The molecule has 0 spiro atoms. The zero-order valence-electron chi connectivity index (χ0n) is 16.2. The summed E-state index contributed by atoms with van der Waals surface area (Å²) in [4.78, 5) is 47.3. The third kappa shape index (κ3) is 5.31. The quantitative estimate of drug-likeness (QED) is 0.378. The number of rotatable bonds is 7. The highest BCUT2D eigenvalue weighted by Crippen LogP contribution is 2.28. The van der Waals surface area contributed by atoms with E-state index in [1.807, 2.05) is 0 Å². The Bertz CT molecular complexity index is 1170. The Morgan fingerprint density at radius 3 is 2.35 bits per heavy atom. The maximum atomic E-state index is 12.7. The third-order valence-corrected chi connectivity index (χ3v) is 5.26. The molecule has 0 atom stereocenters. The minimum atomic E-state index is -1.09. The lowest BCUT2D eigenvalue weighted by Crippen LogP contribution is -2.24. The van der Waals surface area contributed by atoms with Crippen molar-refractivity contribution >= 4 is 39.8 Å². The van der Waals surface area contributed by atoms with Gasteiger partial charge in [0.05, 0.1) is 16.1 Å². The van der Waals surface area contributed by atoms with Crippen LogP contribution in [0.1, 0.15) is 41.5 Å². The minimum absolute atomic E-state index is 0.0599. The van der Waals surface area contributed by atoms with Gasteiger partial charge in [-0.05, 0) is 42.8 Å². The van der Waals surface area contributed by atoms with E-state index in [9.17, 15) is 24.5 Å². The van der Waals surface area contributed by atoms with Crippen LogP contribution in [0, 0.1) is 17.0 Å². The number of nitro benzene ring substituents is 1. The highest BCUT2D eigenvalue weighted by atomic mass is 32.1. The number of hydrogen-bond donors (Lipinski definition) is 3. The van der Waals surface area contributed by atoms with E-state index in [2.05, 4.69) is 10.6 Å². The van der Waals surface area contributed by atoms with E-state index in [4.69, 9.17) is 5.11 Å². The molecule has 2 aromatic carbocycles. The number of carbonyl (C=O) groups is 3. The van der Waals surface area contributed by atoms with Gasteiger partial charge in [0.1, 0.15) is 5.00 Å². The van der Waals surface area contributed by atoms with Gasteiger partial charge in [0.2, 0.25) is 0 Å². The molecule has 3 N–H and O–H groups in total. The Hall–Kier alpha value is -4.05. The average molecular weight is 439 g/mol. The number of non-ortho nitro benzene ring substituents is 1. The van der Waals surface area contributed by atoms with Crippen molar-refractivity contribution in [2.75, 3.05) is 5.32 Å². The SMILES string of the molecule is Cc1cc(C(=O)NCc2cccc([N+](=O)[O-])c2)c(NC(=O)c2ccc(C(=O)O)cc2)s1. The molecule has 1 aromatic heterocycles. The predicted octanol–water partition coefficient (Wildman–Crippen LogP) is 3.85. The van der Waals surface area contributed by atoms with Crippen LogP contribution in [0.4, 0.5) is 10.7 Å². The first kappa shape index (κ1) is 21.7. The van der Waals surface area contributed by atoms with Gasteiger partial charge >= 0.3 is 5.97 Å². The van der Waals surface area contributed by atoms with Crippen LogP contribution in [-0.4, -0.2) is 27.8 Å². The first-order chi connectivity index (χ1) is 14.7. The molecule has 3 aromatic rings. The molecular weight excluding hydrogens is 422 g/mol. The van der Waals surface area contributed by atoms with Gasteiger partial charge in [-0.25, -0.2) is 4.79 Å². The summed E-state index contributed by atoms with van der Waals surface area (Å²) in [6.07, 6.45) is 0. The maximum absolute atomic E-state index is 12.7. The Kier molecular flexibility index (Phi) is 6.41. The van der Waals surface area contributed by atoms with Gasteiger partial charge in [-0.3, -0.25) is 19.7 Å². The monoisotopic (exact) mass is 439 g/mol. The van der Waals surface area contributed by atoms with E-state index in [0.29, 0.717) is 10.6 Å². The van der Waals surface area contributed by atoms with E-state index in [1.165, 1.54) is 53.8 Å². The van der Waals surface area contributed by atoms with Crippen LogP contribution in [0.25, 0.3) is 0 Å². The Balaban J connectivity index is 1.71. The molecular formula is C21H17N3O6S. The fraction of sp³-hybridized carbons (Fsp3) is 0.0952. The van der Waals surface area contributed by atoms with Crippen molar-refractivity contribution < 1.29 is 24.4 Å². The fourth-order valence-electron chi connectivity index (χ4n) is 2.77. The number of anilines is 1. The number of aryl methyl sites for hydroxylation is 1. The van der Waals surface area contributed by atoms with Crippen LogP contribution in [0.15, 0.2) is 54.6 Å². The summed E-state index contributed by atoms with van der Waals surface area (Å²) in [5, 5.41) is 25.6. The van der Waals surface area contributed by atoms with E-state index < -0.39 is 22.7 Å². The molecule has 1 heterocycles. The number of hydrogen-bond acceptors (Lipinski definition) is 6. The maximum Gasteiger partial charge on any atom is 0.335 e. The molecule has 0 bridgehead atoms. The Morgan fingerprint density at radius 2 is 1.71 bits per heavy atom. The second-order valence-corrected chi connectivity index (χ2v) is 7.80. The lowest BCUT2D eigenvalue weighted by Gasteiger charge is -2.08. The molecule has 0 aliphatic carbocycles. The van der Waals surface area contributed by atoms with Crippen molar-refractivity contribution in [3.63, 3.8) is 0 Å². The van der Waals surface area contributed by atoms with Crippen molar-refractivity contribution in [1.29, 1.82) is 0 Å². The van der Waals surface area contributed by atoms with E-state index >= 15 is 0 Å². The zero-order valence-corrected chi connectivity index (χ0v) is 17.1. The highest BCUT2D eigenvalue weighted by Gasteiger charge is 2.18. The second-order valence-electron chi connectivity index (χ2n) is 6.55. The van der Waals surface area contributed by atoms with Crippen LogP contribution in [0.3, 0.4) is 0 Å². The number of carbonyl (C=O) groups excluding carboxylic acids is 2. The summed E-state index contributed by atoms with van der Waals surface area (Å²) in [5.41, 5.74) is 1.07.